The van der Waals surface area contributed by atoms with Crippen molar-refractivity contribution in [1.29, 1.82) is 0 Å². The molecule has 21 heavy (non-hydrogen) atoms. The SMILES string of the molecule is CCCN1CCC(C(C)Nc2ccc3[nH]ncc3c2)CC1. The highest BCUT2D eigenvalue weighted by Gasteiger charge is 2.23. The molecule has 2 heterocycles. The Labute approximate surface area is 126 Å². The maximum absolute atomic E-state index is 4.08. The van der Waals surface area contributed by atoms with E-state index < -0.39 is 0 Å². The molecular weight excluding hydrogens is 260 g/mol. The van der Waals surface area contributed by atoms with Crippen LogP contribution >= 0.6 is 0 Å². The van der Waals surface area contributed by atoms with Gasteiger partial charge >= 0.3 is 0 Å². The van der Waals surface area contributed by atoms with Gasteiger partial charge in [-0.25, -0.2) is 0 Å². The molecule has 0 aliphatic carbocycles. The molecule has 0 spiro atoms. The molecular formula is C17H26N4. The Hall–Kier alpha value is -1.55. The molecule has 114 valence electrons. The van der Waals surface area contributed by atoms with Crippen molar-refractivity contribution < 1.29 is 0 Å². The quantitative estimate of drug-likeness (QED) is 0.884. The third kappa shape index (κ3) is 3.38. The number of likely N-dealkylation sites (tertiary alicyclic amines) is 1. The van der Waals surface area contributed by atoms with E-state index in [1.54, 1.807) is 0 Å². The average Bonchev–Trinajstić information content (AvgIpc) is 2.96. The summed E-state index contributed by atoms with van der Waals surface area (Å²) in [4.78, 5) is 2.60. The molecule has 4 nitrogen and oxygen atoms in total. The van der Waals surface area contributed by atoms with Gasteiger partial charge in [0.15, 0.2) is 0 Å². The Morgan fingerprint density at radius 1 is 1.38 bits per heavy atom. The summed E-state index contributed by atoms with van der Waals surface area (Å²) in [6.07, 6.45) is 5.77. The molecule has 1 atom stereocenters. The van der Waals surface area contributed by atoms with Crippen LogP contribution in [0.3, 0.4) is 0 Å². The molecule has 3 rings (SSSR count). The number of fused-ring (bicyclic) bond motifs is 1. The summed E-state index contributed by atoms with van der Waals surface area (Å²) in [5, 5.41) is 11.9. The summed E-state index contributed by atoms with van der Waals surface area (Å²) in [6.45, 7) is 8.35. The first-order chi connectivity index (χ1) is 10.3. The monoisotopic (exact) mass is 286 g/mol. The van der Waals surface area contributed by atoms with Gasteiger partial charge in [-0.15, -0.1) is 0 Å². The van der Waals surface area contributed by atoms with E-state index in [0.717, 1.165) is 11.4 Å². The number of aromatic nitrogens is 2. The van der Waals surface area contributed by atoms with E-state index in [2.05, 4.69) is 52.5 Å². The third-order valence-corrected chi connectivity index (χ3v) is 4.71. The highest BCUT2D eigenvalue weighted by Crippen LogP contribution is 2.24. The Kier molecular flexibility index (Phi) is 4.44. The van der Waals surface area contributed by atoms with E-state index >= 15 is 0 Å². The number of benzene rings is 1. The number of nitrogens with zero attached hydrogens (tertiary/aromatic N) is 2. The number of nitrogens with one attached hydrogen (secondary N) is 2. The maximum atomic E-state index is 4.08. The minimum absolute atomic E-state index is 0.526. The molecule has 1 saturated heterocycles. The summed E-state index contributed by atoms with van der Waals surface area (Å²) in [5.74, 6) is 0.776. The molecule has 1 aromatic carbocycles. The van der Waals surface area contributed by atoms with Crippen LogP contribution in [-0.2, 0) is 0 Å². The van der Waals surface area contributed by atoms with Crippen molar-refractivity contribution >= 4 is 16.6 Å². The molecule has 1 unspecified atom stereocenters. The molecule has 2 aromatic rings. The largest absolute Gasteiger partial charge is 0.382 e. The van der Waals surface area contributed by atoms with Crippen LogP contribution in [0.25, 0.3) is 10.9 Å². The number of H-pyrrole nitrogens is 1. The van der Waals surface area contributed by atoms with Gasteiger partial charge in [0.05, 0.1) is 11.7 Å². The first kappa shape index (κ1) is 14.4. The summed E-state index contributed by atoms with van der Waals surface area (Å²) in [7, 11) is 0. The first-order valence-electron chi connectivity index (χ1n) is 8.18. The van der Waals surface area contributed by atoms with E-state index in [4.69, 9.17) is 0 Å². The molecule has 4 heteroatoms. The van der Waals surface area contributed by atoms with E-state index in [1.807, 2.05) is 6.20 Å². The fourth-order valence-corrected chi connectivity index (χ4v) is 3.41. The minimum Gasteiger partial charge on any atom is -0.382 e. The van der Waals surface area contributed by atoms with Crippen molar-refractivity contribution in [2.24, 2.45) is 5.92 Å². The van der Waals surface area contributed by atoms with Gasteiger partial charge in [-0.1, -0.05) is 6.92 Å². The van der Waals surface area contributed by atoms with Crippen molar-refractivity contribution in [3.8, 4) is 0 Å². The fraction of sp³-hybridized carbons (Fsp3) is 0.588. The van der Waals surface area contributed by atoms with Crippen LogP contribution in [0.5, 0.6) is 0 Å². The summed E-state index contributed by atoms with van der Waals surface area (Å²) in [6, 6.07) is 6.95. The van der Waals surface area contributed by atoms with Crippen molar-refractivity contribution in [1.82, 2.24) is 15.1 Å². The Morgan fingerprint density at radius 2 is 2.19 bits per heavy atom. The summed E-state index contributed by atoms with van der Waals surface area (Å²) in [5.41, 5.74) is 2.30. The average molecular weight is 286 g/mol. The normalized spacial score (nSPS) is 19.0. The van der Waals surface area contributed by atoms with Crippen LogP contribution < -0.4 is 5.32 Å². The van der Waals surface area contributed by atoms with Crippen LogP contribution in [-0.4, -0.2) is 40.8 Å². The van der Waals surface area contributed by atoms with Crippen molar-refractivity contribution in [3.05, 3.63) is 24.4 Å². The minimum atomic E-state index is 0.526. The van der Waals surface area contributed by atoms with Gasteiger partial charge in [0.1, 0.15) is 0 Å². The summed E-state index contributed by atoms with van der Waals surface area (Å²) >= 11 is 0. The molecule has 0 saturated carbocycles. The Balaban J connectivity index is 1.57. The molecule has 2 N–H and O–H groups in total. The molecule has 1 aliphatic rings. The number of hydrogen-bond donors (Lipinski definition) is 2. The Bertz CT molecular complexity index is 569. The molecule has 0 amide bonds. The highest BCUT2D eigenvalue weighted by molar-refractivity contribution is 5.81. The predicted octanol–water partition coefficient (Wildman–Crippen LogP) is 3.49. The zero-order valence-electron chi connectivity index (χ0n) is 13.1. The zero-order valence-corrected chi connectivity index (χ0v) is 13.1. The topological polar surface area (TPSA) is 44.0 Å². The number of aromatic amines is 1. The molecule has 1 aromatic heterocycles. The van der Waals surface area contributed by atoms with E-state index in [-0.39, 0.29) is 0 Å². The van der Waals surface area contributed by atoms with Crippen LogP contribution in [0, 0.1) is 5.92 Å². The fourth-order valence-electron chi connectivity index (χ4n) is 3.41. The van der Waals surface area contributed by atoms with Crippen molar-refractivity contribution in [2.45, 2.75) is 39.2 Å². The van der Waals surface area contributed by atoms with Crippen LogP contribution in [0.1, 0.15) is 33.1 Å². The van der Waals surface area contributed by atoms with Gasteiger partial charge in [-0.05, 0) is 69.9 Å². The van der Waals surface area contributed by atoms with Crippen molar-refractivity contribution in [3.63, 3.8) is 0 Å². The maximum Gasteiger partial charge on any atom is 0.0651 e. The van der Waals surface area contributed by atoms with Gasteiger partial charge in [0, 0.05) is 17.1 Å². The van der Waals surface area contributed by atoms with Crippen LogP contribution in [0.4, 0.5) is 5.69 Å². The smallest absolute Gasteiger partial charge is 0.0651 e. The highest BCUT2D eigenvalue weighted by atomic mass is 15.1. The van der Waals surface area contributed by atoms with Gasteiger partial charge in [-0.2, -0.15) is 5.10 Å². The van der Waals surface area contributed by atoms with Gasteiger partial charge in [0.25, 0.3) is 0 Å². The Morgan fingerprint density at radius 3 is 2.95 bits per heavy atom. The second kappa shape index (κ2) is 6.48. The predicted molar refractivity (Wildman–Crippen MR) is 88.6 cm³/mol. The van der Waals surface area contributed by atoms with Gasteiger partial charge < -0.3 is 10.2 Å². The molecule has 0 radical (unpaired) electrons. The lowest BCUT2D eigenvalue weighted by Crippen LogP contribution is -2.39. The van der Waals surface area contributed by atoms with Gasteiger partial charge in [-0.3, -0.25) is 5.10 Å². The van der Waals surface area contributed by atoms with Crippen LogP contribution in [0.15, 0.2) is 24.4 Å². The third-order valence-electron chi connectivity index (χ3n) is 4.71. The second-order valence-corrected chi connectivity index (χ2v) is 6.28. The number of hydrogen-bond acceptors (Lipinski definition) is 3. The molecule has 0 bridgehead atoms. The lowest BCUT2D eigenvalue weighted by atomic mass is 9.90. The van der Waals surface area contributed by atoms with E-state index in [9.17, 15) is 0 Å². The molecule has 1 fully saturated rings. The zero-order chi connectivity index (χ0) is 14.7. The summed E-state index contributed by atoms with van der Waals surface area (Å²) < 4.78 is 0. The van der Waals surface area contributed by atoms with E-state index in [0.29, 0.717) is 6.04 Å². The van der Waals surface area contributed by atoms with Crippen LogP contribution in [0.2, 0.25) is 0 Å². The lowest BCUT2D eigenvalue weighted by Gasteiger charge is -2.35. The number of piperidine rings is 1. The second-order valence-electron chi connectivity index (χ2n) is 6.28. The van der Waals surface area contributed by atoms with E-state index in [1.165, 1.54) is 50.0 Å². The van der Waals surface area contributed by atoms with Gasteiger partial charge in [0.2, 0.25) is 0 Å². The number of anilines is 1. The lowest BCUT2D eigenvalue weighted by molar-refractivity contribution is 0.176. The van der Waals surface area contributed by atoms with Crippen molar-refractivity contribution in [2.75, 3.05) is 25.0 Å². The molecule has 1 aliphatic heterocycles. The first-order valence-corrected chi connectivity index (χ1v) is 8.18. The standard InChI is InChI=1S/C17H26N4/c1-3-8-21-9-6-14(7-10-21)13(2)19-16-4-5-17-15(11-16)12-18-20-17/h4-5,11-14,19H,3,6-10H2,1-2H3,(H,18,20). The number of rotatable bonds is 5.